The number of carbonyl (C=O) groups is 1. The molecule has 6 nitrogen and oxygen atoms in total. The largest absolute Gasteiger partial charge is 0.497 e. The number of hydrogen-bond acceptors (Lipinski definition) is 4. The molecule has 0 bridgehead atoms. The average Bonchev–Trinajstić information content (AvgIpc) is 2.46. The lowest BCUT2D eigenvalue weighted by Gasteiger charge is -2.27. The fraction of sp³-hybridized carbons (Fsp3) is 0.357. The van der Waals surface area contributed by atoms with Crippen molar-refractivity contribution in [3.63, 3.8) is 0 Å². The molecule has 2 unspecified atom stereocenters. The fourth-order valence-electron chi connectivity index (χ4n) is 2.12. The van der Waals surface area contributed by atoms with Gasteiger partial charge in [-0.3, -0.25) is 4.72 Å². The molecular formula is C14H18N2O4S. The van der Waals surface area contributed by atoms with E-state index >= 15 is 0 Å². The second kappa shape index (κ2) is 6.73. The summed E-state index contributed by atoms with van der Waals surface area (Å²) in [6.45, 7) is 3.74. The standard InChI is InChI=1S/C14H18N2O4S/c1-4-20-14(17)12-9(2)15-21(18)16-13(12)10-5-7-11(19-3)8-6-10/h5-8,13,15-16H,4H2,1-3H3. The van der Waals surface area contributed by atoms with Gasteiger partial charge >= 0.3 is 5.97 Å². The van der Waals surface area contributed by atoms with E-state index in [-0.39, 0.29) is 6.61 Å². The van der Waals surface area contributed by atoms with Gasteiger partial charge in [-0.1, -0.05) is 12.1 Å². The van der Waals surface area contributed by atoms with Gasteiger partial charge in [0.05, 0.1) is 25.3 Å². The van der Waals surface area contributed by atoms with Crippen LogP contribution in [0, 0.1) is 0 Å². The third-order valence-corrected chi connectivity index (χ3v) is 4.05. The molecule has 1 aromatic rings. The lowest BCUT2D eigenvalue weighted by atomic mass is 9.98. The molecule has 1 aliphatic heterocycles. The molecule has 0 aromatic heterocycles. The van der Waals surface area contributed by atoms with Gasteiger partial charge in [-0.2, -0.15) is 0 Å². The van der Waals surface area contributed by atoms with Gasteiger partial charge in [0.1, 0.15) is 5.75 Å². The highest BCUT2D eigenvalue weighted by molar-refractivity contribution is 7.81. The highest BCUT2D eigenvalue weighted by atomic mass is 32.2. The van der Waals surface area contributed by atoms with Crippen LogP contribution in [0.25, 0.3) is 0 Å². The Balaban J connectivity index is 2.39. The van der Waals surface area contributed by atoms with Gasteiger partial charge in [0.15, 0.2) is 11.2 Å². The molecule has 0 aliphatic carbocycles. The molecule has 1 heterocycles. The Morgan fingerprint density at radius 2 is 2.00 bits per heavy atom. The van der Waals surface area contributed by atoms with Crippen LogP contribution in [0.2, 0.25) is 0 Å². The minimum atomic E-state index is -1.45. The molecule has 0 spiro atoms. The van der Waals surface area contributed by atoms with Crippen molar-refractivity contribution in [3.8, 4) is 5.75 Å². The predicted molar refractivity (Wildman–Crippen MR) is 79.5 cm³/mol. The topological polar surface area (TPSA) is 76.7 Å². The molecule has 1 aliphatic rings. The number of ether oxygens (including phenoxy) is 2. The quantitative estimate of drug-likeness (QED) is 0.823. The monoisotopic (exact) mass is 310 g/mol. The van der Waals surface area contributed by atoms with Crippen molar-refractivity contribution >= 4 is 17.1 Å². The van der Waals surface area contributed by atoms with E-state index in [1.807, 2.05) is 12.1 Å². The number of esters is 1. The molecule has 0 fully saturated rings. The highest BCUT2D eigenvalue weighted by Crippen LogP contribution is 2.29. The highest BCUT2D eigenvalue weighted by Gasteiger charge is 2.31. The molecule has 21 heavy (non-hydrogen) atoms. The summed E-state index contributed by atoms with van der Waals surface area (Å²) in [4.78, 5) is 12.1. The van der Waals surface area contributed by atoms with Crippen molar-refractivity contribution in [1.29, 1.82) is 0 Å². The predicted octanol–water partition coefficient (Wildman–Crippen LogP) is 1.34. The van der Waals surface area contributed by atoms with Crippen LogP contribution in [0.1, 0.15) is 25.5 Å². The van der Waals surface area contributed by atoms with E-state index in [0.717, 1.165) is 5.56 Å². The Morgan fingerprint density at radius 1 is 1.33 bits per heavy atom. The maximum absolute atomic E-state index is 12.1. The summed E-state index contributed by atoms with van der Waals surface area (Å²) < 4.78 is 27.5. The first-order valence-corrected chi connectivity index (χ1v) is 7.68. The maximum atomic E-state index is 12.1. The van der Waals surface area contributed by atoms with Crippen molar-refractivity contribution in [2.45, 2.75) is 19.9 Å². The zero-order valence-corrected chi connectivity index (χ0v) is 13.0. The van der Waals surface area contributed by atoms with E-state index in [9.17, 15) is 9.00 Å². The number of hydrogen-bond donors (Lipinski definition) is 2. The van der Waals surface area contributed by atoms with Crippen LogP contribution in [0.4, 0.5) is 0 Å². The summed E-state index contributed by atoms with van der Waals surface area (Å²) in [6, 6.07) is 6.74. The van der Waals surface area contributed by atoms with Gasteiger partial charge in [-0.05, 0) is 31.5 Å². The molecule has 114 valence electrons. The number of methoxy groups -OCH3 is 1. The van der Waals surface area contributed by atoms with Crippen LogP contribution in [0.15, 0.2) is 35.5 Å². The van der Waals surface area contributed by atoms with E-state index in [4.69, 9.17) is 9.47 Å². The number of benzene rings is 1. The third kappa shape index (κ3) is 3.43. The zero-order chi connectivity index (χ0) is 15.4. The third-order valence-electron chi connectivity index (χ3n) is 3.11. The lowest BCUT2D eigenvalue weighted by Crippen LogP contribution is -2.41. The Morgan fingerprint density at radius 3 is 2.57 bits per heavy atom. The van der Waals surface area contributed by atoms with E-state index in [0.29, 0.717) is 17.0 Å². The normalized spacial score (nSPS) is 21.7. The van der Waals surface area contributed by atoms with Crippen molar-refractivity contribution in [2.75, 3.05) is 13.7 Å². The minimum Gasteiger partial charge on any atom is -0.497 e. The Labute approximate surface area is 126 Å². The van der Waals surface area contributed by atoms with Crippen molar-refractivity contribution < 1.29 is 18.5 Å². The van der Waals surface area contributed by atoms with E-state index in [2.05, 4.69) is 9.44 Å². The number of carbonyl (C=O) groups excluding carboxylic acids is 1. The van der Waals surface area contributed by atoms with Gasteiger partial charge in [0, 0.05) is 5.70 Å². The van der Waals surface area contributed by atoms with Gasteiger partial charge in [-0.15, -0.1) is 0 Å². The number of allylic oxidation sites excluding steroid dienone is 1. The molecular weight excluding hydrogens is 292 g/mol. The molecule has 0 radical (unpaired) electrons. The molecule has 2 rings (SSSR count). The first-order valence-electron chi connectivity index (χ1n) is 6.53. The summed E-state index contributed by atoms with van der Waals surface area (Å²) in [6.07, 6.45) is 0. The average molecular weight is 310 g/mol. The molecule has 2 N–H and O–H groups in total. The number of nitrogens with one attached hydrogen (secondary N) is 2. The summed E-state index contributed by atoms with van der Waals surface area (Å²) in [7, 11) is 1.58. The maximum Gasteiger partial charge on any atom is 0.337 e. The van der Waals surface area contributed by atoms with Crippen LogP contribution in [-0.4, -0.2) is 23.9 Å². The van der Waals surface area contributed by atoms with Crippen molar-refractivity contribution in [1.82, 2.24) is 9.44 Å². The Kier molecular flexibility index (Phi) is 4.98. The molecule has 2 atom stereocenters. The second-order valence-corrected chi connectivity index (χ2v) is 5.43. The van der Waals surface area contributed by atoms with Crippen molar-refractivity contribution in [2.24, 2.45) is 0 Å². The van der Waals surface area contributed by atoms with Gasteiger partial charge < -0.3 is 9.47 Å². The summed E-state index contributed by atoms with van der Waals surface area (Å²) in [5.41, 5.74) is 1.79. The van der Waals surface area contributed by atoms with Crippen LogP contribution in [-0.2, 0) is 20.7 Å². The molecule has 0 saturated carbocycles. The number of rotatable bonds is 4. The van der Waals surface area contributed by atoms with Crippen LogP contribution >= 0.6 is 0 Å². The molecule has 0 amide bonds. The molecule has 7 heteroatoms. The van der Waals surface area contributed by atoms with E-state index in [1.165, 1.54) is 0 Å². The molecule has 0 saturated heterocycles. The van der Waals surface area contributed by atoms with Gasteiger partial charge in [-0.25, -0.2) is 13.7 Å². The summed E-state index contributed by atoms with van der Waals surface area (Å²) in [5, 5.41) is 0. The lowest BCUT2D eigenvalue weighted by molar-refractivity contribution is -0.139. The summed E-state index contributed by atoms with van der Waals surface area (Å²) >= 11 is -1.45. The minimum absolute atomic E-state index is 0.286. The molecule has 1 aromatic carbocycles. The fourth-order valence-corrected chi connectivity index (χ4v) is 3.03. The Hall–Kier alpha value is -1.86. The van der Waals surface area contributed by atoms with Crippen LogP contribution in [0.5, 0.6) is 5.75 Å². The summed E-state index contributed by atoms with van der Waals surface area (Å²) in [5.74, 6) is 0.291. The SMILES string of the molecule is CCOC(=O)C1=C(C)NS(=O)NC1c1ccc(OC)cc1. The van der Waals surface area contributed by atoms with Gasteiger partial charge in [0.25, 0.3) is 0 Å². The Bertz CT molecular complexity index is 583. The van der Waals surface area contributed by atoms with Crippen LogP contribution in [0.3, 0.4) is 0 Å². The zero-order valence-electron chi connectivity index (χ0n) is 12.1. The first kappa shape index (κ1) is 15.5. The smallest absolute Gasteiger partial charge is 0.337 e. The van der Waals surface area contributed by atoms with Crippen molar-refractivity contribution in [3.05, 3.63) is 41.1 Å². The van der Waals surface area contributed by atoms with E-state index < -0.39 is 23.2 Å². The van der Waals surface area contributed by atoms with Gasteiger partial charge in [0.2, 0.25) is 0 Å². The second-order valence-electron chi connectivity index (χ2n) is 4.45. The first-order chi connectivity index (χ1) is 10.1. The van der Waals surface area contributed by atoms with Crippen LogP contribution < -0.4 is 14.2 Å². The van der Waals surface area contributed by atoms with E-state index in [1.54, 1.807) is 33.1 Å².